The highest BCUT2D eigenvalue weighted by Crippen LogP contribution is 2.34. The van der Waals surface area contributed by atoms with Gasteiger partial charge in [-0.2, -0.15) is 0 Å². The van der Waals surface area contributed by atoms with Gasteiger partial charge in [0.25, 0.3) is 0 Å². The van der Waals surface area contributed by atoms with Gasteiger partial charge in [-0.15, -0.1) is 0 Å². The molecule has 3 heteroatoms. The molecule has 3 nitrogen and oxygen atoms in total. The van der Waals surface area contributed by atoms with Crippen molar-refractivity contribution in [1.82, 2.24) is 10.6 Å². The summed E-state index contributed by atoms with van der Waals surface area (Å²) in [5, 5.41) is 6.33. The zero-order chi connectivity index (χ0) is 11.3. The van der Waals surface area contributed by atoms with Crippen molar-refractivity contribution < 1.29 is 4.79 Å². The molecule has 0 bridgehead atoms. The Balaban J connectivity index is 1.96. The van der Waals surface area contributed by atoms with Gasteiger partial charge in [0, 0.05) is 25.0 Å². The molecule has 0 aromatic carbocycles. The lowest BCUT2D eigenvalue weighted by Gasteiger charge is -2.08. The monoisotopic (exact) mass is 212 g/mol. The molecule has 1 amide bonds. The fourth-order valence-corrected chi connectivity index (χ4v) is 1.95. The minimum Gasteiger partial charge on any atom is -0.354 e. The number of amides is 1. The fourth-order valence-electron chi connectivity index (χ4n) is 1.95. The molecule has 0 heterocycles. The van der Waals surface area contributed by atoms with Crippen LogP contribution in [0.3, 0.4) is 0 Å². The van der Waals surface area contributed by atoms with Gasteiger partial charge in [0.05, 0.1) is 0 Å². The Bertz CT molecular complexity index is 204. The number of rotatable bonds is 7. The molecule has 1 aliphatic rings. The molecule has 2 atom stereocenters. The summed E-state index contributed by atoms with van der Waals surface area (Å²) in [4.78, 5) is 11.3. The number of carbonyl (C=O) groups is 1. The summed E-state index contributed by atoms with van der Waals surface area (Å²) in [6, 6.07) is 0.947. The van der Waals surface area contributed by atoms with Crippen LogP contribution in [0, 0.1) is 5.92 Å². The fraction of sp³-hybridized carbons (Fsp3) is 0.917. The molecular formula is C12H24N2O. The van der Waals surface area contributed by atoms with Crippen LogP contribution in [0.25, 0.3) is 0 Å². The first-order valence-corrected chi connectivity index (χ1v) is 6.16. The predicted molar refractivity (Wildman–Crippen MR) is 62.7 cm³/mol. The van der Waals surface area contributed by atoms with Gasteiger partial charge in [-0.25, -0.2) is 0 Å². The van der Waals surface area contributed by atoms with E-state index in [0.717, 1.165) is 12.5 Å². The summed E-state index contributed by atoms with van der Waals surface area (Å²) in [6.45, 7) is 7.03. The number of nitrogens with one attached hydrogen (secondary N) is 2. The molecule has 0 saturated heterocycles. The topological polar surface area (TPSA) is 41.1 Å². The maximum absolute atomic E-state index is 11.3. The largest absolute Gasteiger partial charge is 0.354 e. The molecule has 0 aromatic heterocycles. The van der Waals surface area contributed by atoms with E-state index in [2.05, 4.69) is 17.6 Å². The summed E-state index contributed by atoms with van der Waals surface area (Å²) in [5.41, 5.74) is 0. The second-order valence-electron chi connectivity index (χ2n) is 4.82. The normalized spacial score (nSPS) is 24.3. The van der Waals surface area contributed by atoms with Crippen molar-refractivity contribution in [1.29, 1.82) is 0 Å². The minimum absolute atomic E-state index is 0.158. The lowest BCUT2D eigenvalue weighted by molar-refractivity contribution is -0.121. The van der Waals surface area contributed by atoms with Gasteiger partial charge in [-0.05, 0) is 32.6 Å². The van der Waals surface area contributed by atoms with Crippen molar-refractivity contribution in [3.05, 3.63) is 0 Å². The van der Waals surface area contributed by atoms with E-state index in [1.54, 1.807) is 0 Å². The predicted octanol–water partition coefficient (Wildman–Crippen LogP) is 1.68. The summed E-state index contributed by atoms with van der Waals surface area (Å²) < 4.78 is 0. The van der Waals surface area contributed by atoms with Gasteiger partial charge in [0.15, 0.2) is 0 Å². The highest BCUT2D eigenvalue weighted by atomic mass is 16.1. The smallest absolute Gasteiger partial charge is 0.221 e. The molecule has 1 saturated carbocycles. The van der Waals surface area contributed by atoms with Crippen molar-refractivity contribution in [2.75, 3.05) is 6.54 Å². The Kier molecular flexibility index (Phi) is 5.09. The molecule has 0 radical (unpaired) electrons. The highest BCUT2D eigenvalue weighted by molar-refractivity contribution is 5.76. The molecule has 15 heavy (non-hydrogen) atoms. The third kappa shape index (κ3) is 5.17. The van der Waals surface area contributed by atoms with Gasteiger partial charge >= 0.3 is 0 Å². The maximum Gasteiger partial charge on any atom is 0.221 e. The van der Waals surface area contributed by atoms with Crippen LogP contribution >= 0.6 is 0 Å². The van der Waals surface area contributed by atoms with E-state index in [9.17, 15) is 4.79 Å². The van der Waals surface area contributed by atoms with E-state index in [1.165, 1.54) is 19.3 Å². The van der Waals surface area contributed by atoms with E-state index in [1.807, 2.05) is 13.8 Å². The summed E-state index contributed by atoms with van der Waals surface area (Å²) in [7, 11) is 0. The Morgan fingerprint density at radius 2 is 2.20 bits per heavy atom. The molecule has 1 rings (SSSR count). The van der Waals surface area contributed by atoms with Gasteiger partial charge < -0.3 is 10.6 Å². The van der Waals surface area contributed by atoms with Gasteiger partial charge in [0.2, 0.25) is 5.91 Å². The lowest BCUT2D eigenvalue weighted by Crippen LogP contribution is -2.33. The summed E-state index contributed by atoms with van der Waals surface area (Å²) in [6.07, 6.45) is 4.51. The zero-order valence-corrected chi connectivity index (χ0v) is 10.2. The lowest BCUT2D eigenvalue weighted by atomic mass is 10.2. The van der Waals surface area contributed by atoms with E-state index < -0.39 is 0 Å². The van der Waals surface area contributed by atoms with Crippen molar-refractivity contribution in [2.45, 2.75) is 58.5 Å². The van der Waals surface area contributed by atoms with Crippen molar-refractivity contribution >= 4 is 5.91 Å². The standard InChI is InChI=1S/C12H24N2O/c1-4-5-10-8-11(10)13-7-6-12(15)14-9(2)3/h9-11,13H,4-8H2,1-3H3,(H,14,15). The average Bonchev–Trinajstić information content (AvgIpc) is 2.83. The number of hydrogen-bond donors (Lipinski definition) is 2. The van der Waals surface area contributed by atoms with E-state index in [0.29, 0.717) is 12.5 Å². The van der Waals surface area contributed by atoms with E-state index in [4.69, 9.17) is 0 Å². The molecule has 2 N–H and O–H groups in total. The SMILES string of the molecule is CCCC1CC1NCCC(=O)NC(C)C. The molecular weight excluding hydrogens is 188 g/mol. The van der Waals surface area contributed by atoms with Crippen LogP contribution in [0.2, 0.25) is 0 Å². The molecule has 0 aliphatic heterocycles. The molecule has 0 aromatic rings. The molecule has 0 spiro atoms. The molecule has 1 aliphatic carbocycles. The summed E-state index contributed by atoms with van der Waals surface area (Å²) >= 11 is 0. The second kappa shape index (κ2) is 6.11. The van der Waals surface area contributed by atoms with Crippen LogP contribution in [0.5, 0.6) is 0 Å². The molecule has 88 valence electrons. The van der Waals surface area contributed by atoms with Gasteiger partial charge in [0.1, 0.15) is 0 Å². The third-order valence-electron chi connectivity index (χ3n) is 2.79. The number of hydrogen-bond acceptors (Lipinski definition) is 2. The molecule has 1 fully saturated rings. The summed E-state index contributed by atoms with van der Waals surface area (Å²) in [5.74, 6) is 1.04. The van der Waals surface area contributed by atoms with Crippen LogP contribution in [-0.4, -0.2) is 24.5 Å². The maximum atomic E-state index is 11.3. The van der Waals surface area contributed by atoms with Crippen molar-refractivity contribution in [3.63, 3.8) is 0 Å². The Morgan fingerprint density at radius 1 is 1.47 bits per heavy atom. The zero-order valence-electron chi connectivity index (χ0n) is 10.2. The van der Waals surface area contributed by atoms with Crippen LogP contribution < -0.4 is 10.6 Å². The Labute approximate surface area is 93.0 Å². The Hall–Kier alpha value is -0.570. The van der Waals surface area contributed by atoms with Crippen LogP contribution in [0.1, 0.15) is 46.5 Å². The van der Waals surface area contributed by atoms with Gasteiger partial charge in [-0.3, -0.25) is 4.79 Å². The third-order valence-corrected chi connectivity index (χ3v) is 2.79. The Morgan fingerprint density at radius 3 is 2.80 bits per heavy atom. The van der Waals surface area contributed by atoms with E-state index >= 15 is 0 Å². The van der Waals surface area contributed by atoms with Crippen LogP contribution in [0.4, 0.5) is 0 Å². The highest BCUT2D eigenvalue weighted by Gasteiger charge is 2.35. The van der Waals surface area contributed by atoms with E-state index in [-0.39, 0.29) is 11.9 Å². The first-order chi connectivity index (χ1) is 7.13. The van der Waals surface area contributed by atoms with Crippen LogP contribution in [0.15, 0.2) is 0 Å². The van der Waals surface area contributed by atoms with Crippen molar-refractivity contribution in [2.24, 2.45) is 5.92 Å². The number of carbonyl (C=O) groups excluding carboxylic acids is 1. The first kappa shape index (κ1) is 12.5. The second-order valence-corrected chi connectivity index (χ2v) is 4.82. The minimum atomic E-state index is 0.158. The quantitative estimate of drug-likeness (QED) is 0.674. The first-order valence-electron chi connectivity index (χ1n) is 6.16. The van der Waals surface area contributed by atoms with Gasteiger partial charge in [-0.1, -0.05) is 13.3 Å². The van der Waals surface area contributed by atoms with Crippen molar-refractivity contribution in [3.8, 4) is 0 Å². The average molecular weight is 212 g/mol. The molecule has 2 unspecified atom stereocenters. The van der Waals surface area contributed by atoms with Crippen LogP contribution in [-0.2, 0) is 4.79 Å².